The van der Waals surface area contributed by atoms with Crippen molar-refractivity contribution in [2.45, 2.75) is 46.6 Å². The van der Waals surface area contributed by atoms with Gasteiger partial charge in [0.25, 0.3) is 0 Å². The lowest BCUT2D eigenvalue weighted by Gasteiger charge is -2.21. The smallest absolute Gasteiger partial charge is 0.160 e. The van der Waals surface area contributed by atoms with Gasteiger partial charge < -0.3 is 10.1 Å². The van der Waals surface area contributed by atoms with Crippen LogP contribution in [0.15, 0.2) is 0 Å². The Balaban J connectivity index is 3.32. The number of ether oxygens (including phenoxy) is 1. The number of aromatic nitrogens is 2. The van der Waals surface area contributed by atoms with Crippen LogP contribution in [0.25, 0.3) is 0 Å². The molecule has 19 heavy (non-hydrogen) atoms. The third kappa shape index (κ3) is 4.02. The van der Waals surface area contributed by atoms with Crippen molar-refractivity contribution in [3.63, 3.8) is 0 Å². The molecular weight excluding hydrogens is 353 g/mol. The van der Waals surface area contributed by atoms with Crippen LogP contribution < -0.4 is 5.32 Å². The largest absolute Gasteiger partial charge is 0.373 e. The zero-order chi connectivity index (χ0) is 14.6. The Morgan fingerprint density at radius 3 is 2.26 bits per heavy atom. The molecule has 1 unspecified atom stereocenters. The molecule has 1 N–H and O–H groups in total. The first-order valence-corrected chi connectivity index (χ1v) is 7.84. The van der Waals surface area contributed by atoms with Crippen LogP contribution in [0.3, 0.4) is 0 Å². The number of methoxy groups -OCH3 is 1. The summed E-state index contributed by atoms with van der Waals surface area (Å²) in [6.07, 6.45) is -0.0630. The first-order chi connectivity index (χ1) is 8.92. The number of rotatable bonds is 6. The summed E-state index contributed by atoms with van der Waals surface area (Å²) < 4.78 is 6.66. The summed E-state index contributed by atoms with van der Waals surface area (Å²) in [6.45, 7) is 11.5. The Hall–Kier alpha value is -0.430. The first kappa shape index (κ1) is 16.6. The summed E-state index contributed by atoms with van der Waals surface area (Å²) in [5, 5.41) is 3.32. The van der Waals surface area contributed by atoms with Gasteiger partial charge in [0, 0.05) is 13.7 Å². The molecule has 1 rings (SSSR count). The Morgan fingerprint density at radius 2 is 1.84 bits per heavy atom. The van der Waals surface area contributed by atoms with Gasteiger partial charge in [0.15, 0.2) is 5.82 Å². The maximum atomic E-state index is 5.55. The molecule has 0 aromatic carbocycles. The molecule has 0 bridgehead atoms. The topological polar surface area (TPSA) is 47.0 Å². The summed E-state index contributed by atoms with van der Waals surface area (Å²) in [7, 11) is 1.72. The van der Waals surface area contributed by atoms with Crippen molar-refractivity contribution < 1.29 is 4.74 Å². The zero-order valence-corrected chi connectivity index (χ0v) is 14.8. The minimum atomic E-state index is -0.0630. The fourth-order valence-electron chi connectivity index (χ4n) is 1.95. The van der Waals surface area contributed by atoms with Crippen molar-refractivity contribution >= 4 is 28.4 Å². The molecule has 0 radical (unpaired) electrons. The second-order valence-electron chi connectivity index (χ2n) is 5.21. The number of halogens is 1. The summed E-state index contributed by atoms with van der Waals surface area (Å²) in [5.41, 5.74) is 1.09. The predicted octanol–water partition coefficient (Wildman–Crippen LogP) is 3.98. The van der Waals surface area contributed by atoms with E-state index in [1.807, 2.05) is 0 Å². The molecule has 1 atom stereocenters. The van der Waals surface area contributed by atoms with E-state index in [1.165, 1.54) is 0 Å². The van der Waals surface area contributed by atoms with Gasteiger partial charge in [-0.05, 0) is 41.4 Å². The molecule has 0 aliphatic carbocycles. The molecule has 0 fully saturated rings. The standard InChI is InChI=1S/C14H24IN3O/c1-7-16-13-10(15)11(8(2)3)17-14(18-13)12(19-6)9(4)5/h8-9,12H,7H2,1-6H3,(H,16,17,18). The molecule has 1 heterocycles. The van der Waals surface area contributed by atoms with Gasteiger partial charge in [0.1, 0.15) is 11.9 Å². The number of anilines is 1. The Morgan fingerprint density at radius 1 is 1.21 bits per heavy atom. The highest BCUT2D eigenvalue weighted by Gasteiger charge is 2.22. The third-order valence-electron chi connectivity index (χ3n) is 2.90. The van der Waals surface area contributed by atoms with Crippen molar-refractivity contribution in [3.8, 4) is 0 Å². The fraction of sp³-hybridized carbons (Fsp3) is 0.714. The fourth-order valence-corrected chi connectivity index (χ4v) is 3.01. The average Bonchev–Trinajstić information content (AvgIpc) is 2.33. The average molecular weight is 377 g/mol. The minimum Gasteiger partial charge on any atom is -0.373 e. The van der Waals surface area contributed by atoms with Gasteiger partial charge in [-0.1, -0.05) is 27.7 Å². The molecule has 5 heteroatoms. The molecule has 0 saturated heterocycles. The zero-order valence-electron chi connectivity index (χ0n) is 12.6. The van der Waals surface area contributed by atoms with E-state index in [9.17, 15) is 0 Å². The lowest BCUT2D eigenvalue weighted by atomic mass is 10.1. The number of nitrogens with zero attached hydrogens (tertiary/aromatic N) is 2. The summed E-state index contributed by atoms with van der Waals surface area (Å²) in [4.78, 5) is 9.37. The maximum Gasteiger partial charge on any atom is 0.160 e. The van der Waals surface area contributed by atoms with E-state index in [-0.39, 0.29) is 6.10 Å². The number of nitrogens with one attached hydrogen (secondary N) is 1. The normalized spacial score (nSPS) is 13.1. The minimum absolute atomic E-state index is 0.0630. The highest BCUT2D eigenvalue weighted by Crippen LogP contribution is 2.29. The molecule has 4 nitrogen and oxygen atoms in total. The quantitative estimate of drug-likeness (QED) is 0.762. The lowest BCUT2D eigenvalue weighted by molar-refractivity contribution is 0.0573. The second-order valence-corrected chi connectivity index (χ2v) is 6.29. The molecule has 108 valence electrons. The van der Waals surface area contributed by atoms with Crippen molar-refractivity contribution in [3.05, 3.63) is 15.1 Å². The third-order valence-corrected chi connectivity index (χ3v) is 3.96. The van der Waals surface area contributed by atoms with E-state index in [0.717, 1.165) is 27.5 Å². The van der Waals surface area contributed by atoms with E-state index in [0.29, 0.717) is 11.8 Å². The Kier molecular flexibility index (Phi) is 6.46. The second kappa shape index (κ2) is 7.38. The van der Waals surface area contributed by atoms with Crippen LogP contribution in [0, 0.1) is 9.49 Å². The molecule has 0 amide bonds. The molecule has 1 aromatic rings. The van der Waals surface area contributed by atoms with E-state index >= 15 is 0 Å². The molecular formula is C14H24IN3O. The first-order valence-electron chi connectivity index (χ1n) is 6.76. The Bertz CT molecular complexity index is 421. The van der Waals surface area contributed by atoms with Crippen LogP contribution in [0.4, 0.5) is 5.82 Å². The van der Waals surface area contributed by atoms with Crippen molar-refractivity contribution in [2.75, 3.05) is 19.0 Å². The van der Waals surface area contributed by atoms with E-state index in [4.69, 9.17) is 9.72 Å². The molecule has 1 aromatic heterocycles. The van der Waals surface area contributed by atoms with Gasteiger partial charge in [-0.2, -0.15) is 0 Å². The monoisotopic (exact) mass is 377 g/mol. The van der Waals surface area contributed by atoms with Crippen LogP contribution in [0.5, 0.6) is 0 Å². The van der Waals surface area contributed by atoms with E-state index in [1.54, 1.807) is 7.11 Å². The van der Waals surface area contributed by atoms with Crippen LogP contribution >= 0.6 is 22.6 Å². The van der Waals surface area contributed by atoms with Gasteiger partial charge >= 0.3 is 0 Å². The molecule has 0 aliphatic heterocycles. The summed E-state index contributed by atoms with van der Waals surface area (Å²) in [6, 6.07) is 0. The summed E-state index contributed by atoms with van der Waals surface area (Å²) in [5.74, 6) is 2.41. The van der Waals surface area contributed by atoms with Crippen LogP contribution in [0.2, 0.25) is 0 Å². The van der Waals surface area contributed by atoms with Crippen molar-refractivity contribution in [2.24, 2.45) is 5.92 Å². The van der Waals surface area contributed by atoms with Crippen molar-refractivity contribution in [1.82, 2.24) is 9.97 Å². The molecule has 0 saturated carbocycles. The van der Waals surface area contributed by atoms with E-state index < -0.39 is 0 Å². The molecule has 0 spiro atoms. The van der Waals surface area contributed by atoms with Gasteiger partial charge in [-0.3, -0.25) is 0 Å². The van der Waals surface area contributed by atoms with E-state index in [2.05, 4.69) is 67.5 Å². The van der Waals surface area contributed by atoms with Gasteiger partial charge in [0.05, 0.1) is 9.26 Å². The molecule has 0 aliphatic rings. The van der Waals surface area contributed by atoms with Crippen LogP contribution in [0.1, 0.15) is 58.2 Å². The van der Waals surface area contributed by atoms with Crippen LogP contribution in [-0.4, -0.2) is 23.6 Å². The maximum absolute atomic E-state index is 5.55. The van der Waals surface area contributed by atoms with Crippen LogP contribution in [-0.2, 0) is 4.74 Å². The predicted molar refractivity (Wildman–Crippen MR) is 87.6 cm³/mol. The SMILES string of the molecule is CCNc1nc(C(OC)C(C)C)nc(C(C)C)c1I. The van der Waals surface area contributed by atoms with Crippen molar-refractivity contribution in [1.29, 1.82) is 0 Å². The Labute approximate surface area is 129 Å². The highest BCUT2D eigenvalue weighted by atomic mass is 127. The highest BCUT2D eigenvalue weighted by molar-refractivity contribution is 14.1. The number of hydrogen-bond acceptors (Lipinski definition) is 4. The number of hydrogen-bond donors (Lipinski definition) is 1. The van der Waals surface area contributed by atoms with Gasteiger partial charge in [-0.15, -0.1) is 0 Å². The summed E-state index contributed by atoms with van der Waals surface area (Å²) >= 11 is 2.32. The van der Waals surface area contributed by atoms with Gasteiger partial charge in [0.2, 0.25) is 0 Å². The lowest BCUT2D eigenvalue weighted by Crippen LogP contribution is -2.17. The van der Waals surface area contributed by atoms with Gasteiger partial charge in [-0.25, -0.2) is 9.97 Å².